The van der Waals surface area contributed by atoms with E-state index in [1.54, 1.807) is 35.2 Å². The van der Waals surface area contributed by atoms with Gasteiger partial charge in [0.1, 0.15) is 13.2 Å². The van der Waals surface area contributed by atoms with E-state index < -0.39 is 15.7 Å². The van der Waals surface area contributed by atoms with E-state index in [4.69, 9.17) is 14.2 Å². The van der Waals surface area contributed by atoms with Gasteiger partial charge in [-0.05, 0) is 24.3 Å². The van der Waals surface area contributed by atoms with Gasteiger partial charge in [-0.2, -0.15) is 0 Å². The second-order valence-corrected chi connectivity index (χ2v) is 8.95. The fourth-order valence-electron chi connectivity index (χ4n) is 3.75. The molecule has 3 heterocycles. The average molecular weight is 428 g/mol. The molecule has 2 aromatic carbocycles. The van der Waals surface area contributed by atoms with Crippen LogP contribution in [-0.4, -0.2) is 58.7 Å². The zero-order valence-corrected chi connectivity index (χ0v) is 16.9. The van der Waals surface area contributed by atoms with E-state index in [1.807, 2.05) is 6.07 Å². The van der Waals surface area contributed by atoms with Gasteiger partial charge in [0.2, 0.25) is 9.84 Å². The Morgan fingerprint density at radius 1 is 0.900 bits per heavy atom. The summed E-state index contributed by atoms with van der Waals surface area (Å²) in [6, 6.07) is 12.0. The van der Waals surface area contributed by atoms with Gasteiger partial charge in [-0.25, -0.2) is 8.42 Å². The van der Waals surface area contributed by atoms with E-state index in [2.05, 4.69) is 0 Å². The molecule has 1 fully saturated rings. The fourth-order valence-corrected chi connectivity index (χ4v) is 5.29. The second-order valence-electron chi connectivity index (χ2n) is 7.07. The Hall–Kier alpha value is -3.04. The van der Waals surface area contributed by atoms with Gasteiger partial charge >= 0.3 is 0 Å². The minimum atomic E-state index is -3.96. The van der Waals surface area contributed by atoms with Crippen molar-refractivity contribution in [3.8, 4) is 11.5 Å². The second kappa shape index (κ2) is 7.33. The maximum Gasteiger partial charge on any atom is 0.267 e. The molecule has 0 radical (unpaired) electrons. The Labute approximate surface area is 174 Å². The summed E-state index contributed by atoms with van der Waals surface area (Å²) in [6.07, 6.45) is 1.40. The number of fused-ring (bicyclic) bond motifs is 2. The fraction of sp³-hybridized carbons (Fsp3) is 0.286. The maximum absolute atomic E-state index is 13.3. The van der Waals surface area contributed by atoms with Gasteiger partial charge in [0.15, 0.2) is 16.4 Å². The molecule has 0 unspecified atom stereocenters. The van der Waals surface area contributed by atoms with Crippen molar-refractivity contribution in [1.29, 1.82) is 0 Å². The van der Waals surface area contributed by atoms with Crippen LogP contribution in [0.5, 0.6) is 11.5 Å². The third-order valence-electron chi connectivity index (χ3n) is 5.26. The predicted octanol–water partition coefficient (Wildman–Crippen LogP) is 2.08. The molecule has 0 atom stereocenters. The molecule has 30 heavy (non-hydrogen) atoms. The van der Waals surface area contributed by atoms with Crippen molar-refractivity contribution in [3.05, 3.63) is 53.6 Å². The average Bonchev–Trinajstić information content (AvgIpc) is 2.79. The minimum absolute atomic E-state index is 0.0963. The summed E-state index contributed by atoms with van der Waals surface area (Å²) >= 11 is 0. The maximum atomic E-state index is 13.3. The van der Waals surface area contributed by atoms with E-state index in [-0.39, 0.29) is 9.80 Å². The van der Waals surface area contributed by atoms with Gasteiger partial charge in [0.25, 0.3) is 5.91 Å². The number of morpholine rings is 1. The van der Waals surface area contributed by atoms with Crippen molar-refractivity contribution >= 4 is 27.1 Å². The number of amides is 1. The SMILES string of the molecule is O=C(C1=CN(c2ccc3c(c2)OCCO3)c2ccccc2S1(=O)=O)N1CCOCC1. The number of hydrogen-bond donors (Lipinski definition) is 0. The lowest BCUT2D eigenvalue weighted by atomic mass is 10.2. The largest absolute Gasteiger partial charge is 0.486 e. The number of nitrogens with zero attached hydrogens (tertiary/aromatic N) is 2. The Kier molecular flexibility index (Phi) is 4.63. The Bertz CT molecular complexity index is 1140. The third kappa shape index (κ3) is 3.10. The normalized spacial score (nSPS) is 19.7. The highest BCUT2D eigenvalue weighted by atomic mass is 32.2. The first-order valence-corrected chi connectivity index (χ1v) is 11.2. The lowest BCUT2D eigenvalue weighted by molar-refractivity contribution is -0.130. The van der Waals surface area contributed by atoms with Crippen LogP contribution in [0.4, 0.5) is 11.4 Å². The van der Waals surface area contributed by atoms with Gasteiger partial charge in [0.05, 0.1) is 23.8 Å². The molecule has 1 amide bonds. The number of hydrogen-bond acceptors (Lipinski definition) is 7. The molecular formula is C21H20N2O6S. The summed E-state index contributed by atoms with van der Waals surface area (Å²) in [5.74, 6) is 0.700. The van der Waals surface area contributed by atoms with Gasteiger partial charge in [-0.1, -0.05) is 12.1 Å². The molecule has 1 saturated heterocycles. The lowest BCUT2D eigenvalue weighted by Gasteiger charge is -2.32. The van der Waals surface area contributed by atoms with Crippen LogP contribution in [0, 0.1) is 0 Å². The number of sulfone groups is 1. The van der Waals surface area contributed by atoms with Gasteiger partial charge < -0.3 is 24.0 Å². The van der Waals surface area contributed by atoms with Crippen molar-refractivity contribution in [3.63, 3.8) is 0 Å². The van der Waals surface area contributed by atoms with E-state index in [9.17, 15) is 13.2 Å². The molecule has 0 N–H and O–H groups in total. The standard InChI is InChI=1S/C21H20N2O6S/c24-21(22-7-9-27-10-8-22)20-14-23(16-3-1-2-4-19(16)30(20,25)26)15-5-6-17-18(13-15)29-12-11-28-17/h1-6,13-14H,7-12H2. The molecule has 0 aliphatic carbocycles. The quantitative estimate of drug-likeness (QED) is 0.724. The topological polar surface area (TPSA) is 85.4 Å². The number of carbonyl (C=O) groups is 1. The molecule has 3 aliphatic rings. The highest BCUT2D eigenvalue weighted by Crippen LogP contribution is 2.42. The first-order valence-electron chi connectivity index (χ1n) is 9.67. The zero-order valence-electron chi connectivity index (χ0n) is 16.1. The summed E-state index contributed by atoms with van der Waals surface area (Å²) in [5, 5.41) is 0. The molecule has 3 aliphatic heterocycles. The first-order chi connectivity index (χ1) is 14.6. The Morgan fingerprint density at radius 3 is 2.43 bits per heavy atom. The number of carbonyl (C=O) groups excluding carboxylic acids is 1. The molecular weight excluding hydrogens is 408 g/mol. The van der Waals surface area contributed by atoms with Gasteiger partial charge in [0, 0.05) is 31.0 Å². The molecule has 0 saturated carbocycles. The number of rotatable bonds is 2. The summed E-state index contributed by atoms with van der Waals surface area (Å²) < 4.78 is 43.1. The molecule has 2 aromatic rings. The molecule has 0 bridgehead atoms. The van der Waals surface area contributed by atoms with Crippen LogP contribution in [0.15, 0.2) is 58.5 Å². The van der Waals surface area contributed by atoms with E-state index in [0.29, 0.717) is 62.4 Å². The summed E-state index contributed by atoms with van der Waals surface area (Å²) in [5.41, 5.74) is 1.15. The van der Waals surface area contributed by atoms with Crippen molar-refractivity contribution < 1.29 is 27.4 Å². The van der Waals surface area contributed by atoms with Crippen LogP contribution in [0.25, 0.3) is 0 Å². The number of benzene rings is 2. The van der Waals surface area contributed by atoms with Crippen LogP contribution >= 0.6 is 0 Å². The van der Waals surface area contributed by atoms with Crippen LogP contribution in [0.1, 0.15) is 0 Å². The summed E-state index contributed by atoms with van der Waals surface area (Å²) in [7, 11) is -3.96. The molecule has 5 rings (SSSR count). The molecule has 8 nitrogen and oxygen atoms in total. The number of ether oxygens (including phenoxy) is 3. The van der Waals surface area contributed by atoms with Crippen molar-refractivity contribution in [2.45, 2.75) is 4.90 Å². The minimum Gasteiger partial charge on any atom is -0.486 e. The van der Waals surface area contributed by atoms with Crippen LogP contribution in [-0.2, 0) is 19.4 Å². The molecule has 156 valence electrons. The predicted molar refractivity (Wildman–Crippen MR) is 109 cm³/mol. The zero-order chi connectivity index (χ0) is 20.7. The molecule has 9 heteroatoms. The smallest absolute Gasteiger partial charge is 0.267 e. The lowest BCUT2D eigenvalue weighted by Crippen LogP contribution is -2.43. The Balaban J connectivity index is 1.62. The van der Waals surface area contributed by atoms with Crippen molar-refractivity contribution in [1.82, 2.24) is 4.90 Å². The summed E-state index contributed by atoms with van der Waals surface area (Å²) in [6.45, 7) is 2.42. The number of anilines is 2. The van der Waals surface area contributed by atoms with Crippen molar-refractivity contribution in [2.75, 3.05) is 44.4 Å². The number of para-hydroxylation sites is 1. The Morgan fingerprint density at radius 2 is 1.63 bits per heavy atom. The van der Waals surface area contributed by atoms with Gasteiger partial charge in [-0.3, -0.25) is 4.79 Å². The van der Waals surface area contributed by atoms with E-state index in [0.717, 1.165) is 0 Å². The van der Waals surface area contributed by atoms with Crippen LogP contribution in [0.3, 0.4) is 0 Å². The highest BCUT2D eigenvalue weighted by molar-refractivity contribution is 7.96. The summed E-state index contributed by atoms with van der Waals surface area (Å²) in [4.78, 5) is 16.2. The van der Waals surface area contributed by atoms with Crippen LogP contribution in [0.2, 0.25) is 0 Å². The molecule has 0 spiro atoms. The van der Waals surface area contributed by atoms with E-state index in [1.165, 1.54) is 17.2 Å². The monoisotopic (exact) mass is 428 g/mol. The van der Waals surface area contributed by atoms with Crippen LogP contribution < -0.4 is 14.4 Å². The van der Waals surface area contributed by atoms with Crippen molar-refractivity contribution in [2.24, 2.45) is 0 Å². The van der Waals surface area contributed by atoms with E-state index >= 15 is 0 Å². The molecule has 0 aromatic heterocycles. The van der Waals surface area contributed by atoms with Gasteiger partial charge in [-0.15, -0.1) is 0 Å². The third-order valence-corrected chi connectivity index (χ3v) is 7.05. The highest BCUT2D eigenvalue weighted by Gasteiger charge is 2.38. The first kappa shape index (κ1) is 19.0.